The molecule has 0 aliphatic heterocycles. The lowest BCUT2D eigenvalue weighted by Gasteiger charge is -2.14. The number of carbonyl (C=O) groups excluding carboxylic acids is 1. The first-order chi connectivity index (χ1) is 11.2. The van der Waals surface area contributed by atoms with Crippen molar-refractivity contribution < 1.29 is 9.53 Å². The number of aromatic nitrogens is 2. The number of halogens is 1. The van der Waals surface area contributed by atoms with Gasteiger partial charge in [0.25, 0.3) is 5.91 Å². The van der Waals surface area contributed by atoms with Gasteiger partial charge in [0.2, 0.25) is 0 Å². The van der Waals surface area contributed by atoms with Crippen LogP contribution < -0.4 is 5.32 Å². The van der Waals surface area contributed by atoms with Gasteiger partial charge in [-0.25, -0.2) is 4.68 Å². The second-order valence-electron chi connectivity index (χ2n) is 5.59. The Labute approximate surface area is 140 Å². The smallest absolute Gasteiger partial charge is 0.272 e. The van der Waals surface area contributed by atoms with Crippen LogP contribution in [0.1, 0.15) is 34.6 Å². The molecule has 1 aliphatic carbocycles. The van der Waals surface area contributed by atoms with Gasteiger partial charge in [-0.3, -0.25) is 4.79 Å². The first kappa shape index (κ1) is 16.0. The normalized spacial score (nSPS) is 13.7. The van der Waals surface area contributed by atoms with E-state index in [4.69, 9.17) is 16.3 Å². The standard InChI is InChI=1S/C17H20ClN3O2/c1-23-11-10-19-17(22)16-12-6-2-4-8-14(12)21(20-16)15-9-5-3-7-13(15)18/h3,5,7,9H,2,4,6,8,10-11H2,1H3,(H,19,22). The summed E-state index contributed by atoms with van der Waals surface area (Å²) in [5, 5.41) is 8.07. The van der Waals surface area contributed by atoms with E-state index in [2.05, 4.69) is 10.4 Å². The van der Waals surface area contributed by atoms with Crippen LogP contribution in [-0.4, -0.2) is 35.9 Å². The molecule has 0 spiro atoms. The third kappa shape index (κ3) is 3.26. The maximum Gasteiger partial charge on any atom is 0.272 e. The van der Waals surface area contributed by atoms with Gasteiger partial charge in [0.1, 0.15) is 0 Å². The lowest BCUT2D eigenvalue weighted by molar-refractivity contribution is 0.0930. The molecule has 1 aliphatic rings. The van der Waals surface area contributed by atoms with Crippen molar-refractivity contribution in [1.82, 2.24) is 15.1 Å². The molecule has 0 saturated heterocycles. The number of fused-ring (bicyclic) bond motifs is 1. The minimum Gasteiger partial charge on any atom is -0.383 e. The number of amides is 1. The second-order valence-corrected chi connectivity index (χ2v) is 6.00. The number of hydrogen-bond acceptors (Lipinski definition) is 3. The molecule has 1 N–H and O–H groups in total. The van der Waals surface area contributed by atoms with Crippen LogP contribution in [0.5, 0.6) is 0 Å². The van der Waals surface area contributed by atoms with Crippen LogP contribution in [0.4, 0.5) is 0 Å². The molecule has 0 fully saturated rings. The molecule has 5 nitrogen and oxygen atoms in total. The fraction of sp³-hybridized carbons (Fsp3) is 0.412. The Balaban J connectivity index is 1.99. The van der Waals surface area contributed by atoms with Gasteiger partial charge in [0.05, 0.1) is 17.3 Å². The molecular formula is C17H20ClN3O2. The minimum atomic E-state index is -0.147. The Morgan fingerprint density at radius 1 is 1.35 bits per heavy atom. The van der Waals surface area contributed by atoms with E-state index >= 15 is 0 Å². The lowest BCUT2D eigenvalue weighted by atomic mass is 9.95. The molecule has 6 heteroatoms. The number of nitrogens with one attached hydrogen (secondary N) is 1. The predicted molar refractivity (Wildman–Crippen MR) is 89.4 cm³/mol. The molecule has 1 heterocycles. The van der Waals surface area contributed by atoms with Crippen molar-refractivity contribution in [1.29, 1.82) is 0 Å². The van der Waals surface area contributed by atoms with Crippen LogP contribution in [0, 0.1) is 0 Å². The van der Waals surface area contributed by atoms with Gasteiger partial charge in [0, 0.05) is 24.9 Å². The number of ether oxygens (including phenoxy) is 1. The van der Waals surface area contributed by atoms with Crippen molar-refractivity contribution in [3.8, 4) is 5.69 Å². The summed E-state index contributed by atoms with van der Waals surface area (Å²) in [6.07, 6.45) is 3.99. The van der Waals surface area contributed by atoms with Crippen molar-refractivity contribution in [3.05, 3.63) is 46.2 Å². The minimum absolute atomic E-state index is 0.147. The molecular weight excluding hydrogens is 314 g/mol. The summed E-state index contributed by atoms with van der Waals surface area (Å²) in [4.78, 5) is 12.4. The third-order valence-electron chi connectivity index (χ3n) is 4.07. The first-order valence-corrected chi connectivity index (χ1v) is 8.23. The predicted octanol–water partition coefficient (Wildman–Crippen LogP) is 2.78. The van der Waals surface area contributed by atoms with Crippen LogP contribution in [0.15, 0.2) is 24.3 Å². The van der Waals surface area contributed by atoms with Crippen LogP contribution in [0.25, 0.3) is 5.69 Å². The topological polar surface area (TPSA) is 56.1 Å². The summed E-state index contributed by atoms with van der Waals surface area (Å²) in [5.41, 5.74) is 3.48. The maximum atomic E-state index is 12.4. The highest BCUT2D eigenvalue weighted by Crippen LogP contribution is 2.29. The highest BCUT2D eigenvalue weighted by atomic mass is 35.5. The van der Waals surface area contributed by atoms with Gasteiger partial charge in [-0.2, -0.15) is 5.10 Å². The largest absolute Gasteiger partial charge is 0.383 e. The van der Waals surface area contributed by atoms with E-state index in [0.29, 0.717) is 23.9 Å². The van der Waals surface area contributed by atoms with Gasteiger partial charge in [-0.05, 0) is 37.8 Å². The Kier molecular flexibility index (Phi) is 4.98. The Bertz CT molecular complexity index is 712. The SMILES string of the molecule is COCCNC(=O)c1nn(-c2ccccc2Cl)c2c1CCCC2. The van der Waals surface area contributed by atoms with Crippen molar-refractivity contribution in [2.24, 2.45) is 0 Å². The average Bonchev–Trinajstić information content (AvgIpc) is 2.95. The molecule has 0 radical (unpaired) electrons. The highest BCUT2D eigenvalue weighted by Gasteiger charge is 2.25. The number of carbonyl (C=O) groups is 1. The summed E-state index contributed by atoms with van der Waals surface area (Å²) in [5.74, 6) is -0.147. The van der Waals surface area contributed by atoms with E-state index in [-0.39, 0.29) is 5.91 Å². The van der Waals surface area contributed by atoms with E-state index in [0.717, 1.165) is 42.6 Å². The number of benzene rings is 1. The number of hydrogen-bond donors (Lipinski definition) is 1. The number of rotatable bonds is 5. The van der Waals surface area contributed by atoms with Gasteiger partial charge in [0.15, 0.2) is 5.69 Å². The molecule has 0 bridgehead atoms. The lowest BCUT2D eigenvalue weighted by Crippen LogP contribution is -2.28. The zero-order valence-corrected chi connectivity index (χ0v) is 13.9. The third-order valence-corrected chi connectivity index (χ3v) is 4.39. The Hall–Kier alpha value is -1.85. The zero-order valence-electron chi connectivity index (χ0n) is 13.1. The zero-order chi connectivity index (χ0) is 16.2. The molecule has 1 aromatic heterocycles. The van der Waals surface area contributed by atoms with Crippen LogP contribution in [-0.2, 0) is 17.6 Å². The molecule has 122 valence electrons. The van der Waals surface area contributed by atoms with E-state index in [1.807, 2.05) is 28.9 Å². The monoisotopic (exact) mass is 333 g/mol. The molecule has 2 aromatic rings. The van der Waals surface area contributed by atoms with E-state index in [9.17, 15) is 4.79 Å². The molecule has 0 atom stereocenters. The number of nitrogens with zero attached hydrogens (tertiary/aromatic N) is 2. The van der Waals surface area contributed by atoms with Gasteiger partial charge in [-0.15, -0.1) is 0 Å². The van der Waals surface area contributed by atoms with E-state index in [1.54, 1.807) is 7.11 Å². The van der Waals surface area contributed by atoms with Crippen molar-refractivity contribution in [2.75, 3.05) is 20.3 Å². The fourth-order valence-electron chi connectivity index (χ4n) is 2.95. The summed E-state index contributed by atoms with van der Waals surface area (Å²) in [6.45, 7) is 0.961. The fourth-order valence-corrected chi connectivity index (χ4v) is 3.17. The molecule has 1 amide bonds. The van der Waals surface area contributed by atoms with E-state index < -0.39 is 0 Å². The molecule has 3 rings (SSSR count). The van der Waals surface area contributed by atoms with Crippen LogP contribution >= 0.6 is 11.6 Å². The molecule has 23 heavy (non-hydrogen) atoms. The number of methoxy groups -OCH3 is 1. The number of para-hydroxylation sites is 1. The Morgan fingerprint density at radius 2 is 2.13 bits per heavy atom. The van der Waals surface area contributed by atoms with Gasteiger partial charge >= 0.3 is 0 Å². The van der Waals surface area contributed by atoms with Crippen molar-refractivity contribution in [2.45, 2.75) is 25.7 Å². The molecule has 1 aromatic carbocycles. The second kappa shape index (κ2) is 7.15. The Morgan fingerprint density at radius 3 is 2.91 bits per heavy atom. The molecule has 0 saturated carbocycles. The van der Waals surface area contributed by atoms with Gasteiger partial charge in [-0.1, -0.05) is 23.7 Å². The van der Waals surface area contributed by atoms with Crippen molar-refractivity contribution >= 4 is 17.5 Å². The van der Waals surface area contributed by atoms with Gasteiger partial charge < -0.3 is 10.1 Å². The van der Waals surface area contributed by atoms with Crippen LogP contribution in [0.3, 0.4) is 0 Å². The maximum absolute atomic E-state index is 12.4. The van der Waals surface area contributed by atoms with E-state index in [1.165, 1.54) is 0 Å². The molecule has 0 unspecified atom stereocenters. The first-order valence-electron chi connectivity index (χ1n) is 7.85. The highest BCUT2D eigenvalue weighted by molar-refractivity contribution is 6.32. The quantitative estimate of drug-likeness (QED) is 0.856. The summed E-state index contributed by atoms with van der Waals surface area (Å²) >= 11 is 6.31. The van der Waals surface area contributed by atoms with Crippen LogP contribution in [0.2, 0.25) is 5.02 Å². The van der Waals surface area contributed by atoms with Crippen molar-refractivity contribution in [3.63, 3.8) is 0 Å². The average molecular weight is 334 g/mol. The summed E-state index contributed by atoms with van der Waals surface area (Å²) < 4.78 is 6.81. The summed E-state index contributed by atoms with van der Waals surface area (Å²) in [6, 6.07) is 7.58. The summed E-state index contributed by atoms with van der Waals surface area (Å²) in [7, 11) is 1.61.